The number of amides is 1. The van der Waals surface area contributed by atoms with Crippen LogP contribution in [0.3, 0.4) is 0 Å². The molecule has 9 heteroatoms. The Morgan fingerprint density at radius 2 is 1.88 bits per heavy atom. The van der Waals surface area contributed by atoms with Gasteiger partial charge < -0.3 is 15.4 Å². The summed E-state index contributed by atoms with van der Waals surface area (Å²) in [5.41, 5.74) is 2.58. The Morgan fingerprint density at radius 1 is 1.06 bits per heavy atom. The number of aromatic nitrogens is 4. The number of rotatable bonds is 8. The van der Waals surface area contributed by atoms with E-state index in [4.69, 9.17) is 4.74 Å². The van der Waals surface area contributed by atoms with Gasteiger partial charge in [0.2, 0.25) is 5.91 Å². The molecular formula is C24H24N6O3. The Kier molecular flexibility index (Phi) is 6.58. The number of nitrogens with zero attached hydrogens (tertiary/aromatic N) is 4. The molecular weight excluding hydrogens is 420 g/mol. The molecule has 0 aliphatic heterocycles. The number of ether oxygens (including phenoxy) is 1. The Bertz CT molecular complexity index is 1320. The third-order valence-electron chi connectivity index (χ3n) is 5.04. The number of hydrogen-bond acceptors (Lipinski definition) is 7. The molecule has 0 atom stereocenters. The minimum Gasteiger partial charge on any atom is -0.497 e. The fourth-order valence-electron chi connectivity index (χ4n) is 3.39. The fraction of sp³-hybridized carbons (Fsp3) is 0.208. The number of anilines is 1. The van der Waals surface area contributed by atoms with Gasteiger partial charge in [-0.2, -0.15) is 0 Å². The largest absolute Gasteiger partial charge is 0.497 e. The van der Waals surface area contributed by atoms with Crippen LogP contribution in [0.1, 0.15) is 12.6 Å². The maximum absolute atomic E-state index is 13.4. The third-order valence-corrected chi connectivity index (χ3v) is 5.04. The van der Waals surface area contributed by atoms with Crippen LogP contribution in [0.15, 0.2) is 65.6 Å². The summed E-state index contributed by atoms with van der Waals surface area (Å²) in [6.45, 7) is 2.49. The van der Waals surface area contributed by atoms with Crippen molar-refractivity contribution < 1.29 is 9.53 Å². The van der Waals surface area contributed by atoms with E-state index in [2.05, 4.69) is 25.6 Å². The summed E-state index contributed by atoms with van der Waals surface area (Å²) < 4.78 is 6.75. The molecule has 0 saturated heterocycles. The minimum absolute atomic E-state index is 0.164. The zero-order chi connectivity index (χ0) is 23.2. The minimum atomic E-state index is -0.285. The quantitative estimate of drug-likeness (QED) is 0.430. The summed E-state index contributed by atoms with van der Waals surface area (Å²) in [6.07, 6.45) is 1.73. The first-order valence-electron chi connectivity index (χ1n) is 10.5. The summed E-state index contributed by atoms with van der Waals surface area (Å²) >= 11 is 0. The molecule has 9 nitrogen and oxygen atoms in total. The number of benzene rings is 1. The van der Waals surface area contributed by atoms with Crippen LogP contribution in [0.4, 0.5) is 5.82 Å². The molecule has 0 spiro atoms. The zero-order valence-electron chi connectivity index (χ0n) is 18.4. The molecule has 0 fully saturated rings. The SMILES string of the molecule is COc1ccc(-c2nc3ccc(NCc4ccccn4)nc3n(CCNC(C)=O)c2=O)cc1. The molecule has 0 saturated carbocycles. The van der Waals surface area contributed by atoms with E-state index < -0.39 is 0 Å². The second kappa shape index (κ2) is 9.90. The number of hydrogen-bond donors (Lipinski definition) is 2. The first-order valence-corrected chi connectivity index (χ1v) is 10.5. The lowest BCUT2D eigenvalue weighted by atomic mass is 10.1. The second-order valence-corrected chi connectivity index (χ2v) is 7.34. The summed E-state index contributed by atoms with van der Waals surface area (Å²) in [6, 6.07) is 16.5. The molecule has 33 heavy (non-hydrogen) atoms. The van der Waals surface area contributed by atoms with Crippen LogP contribution in [-0.2, 0) is 17.9 Å². The molecule has 1 aromatic carbocycles. The predicted octanol–water partition coefficient (Wildman–Crippen LogP) is 2.61. The van der Waals surface area contributed by atoms with Crippen molar-refractivity contribution >= 4 is 22.9 Å². The van der Waals surface area contributed by atoms with E-state index in [1.165, 1.54) is 6.92 Å². The van der Waals surface area contributed by atoms with Crippen molar-refractivity contribution in [2.75, 3.05) is 19.0 Å². The number of carbonyl (C=O) groups excluding carboxylic acids is 1. The zero-order valence-corrected chi connectivity index (χ0v) is 18.4. The molecule has 4 rings (SSSR count). The molecule has 0 radical (unpaired) electrons. The van der Waals surface area contributed by atoms with Crippen molar-refractivity contribution in [1.82, 2.24) is 24.8 Å². The van der Waals surface area contributed by atoms with Gasteiger partial charge in [0.1, 0.15) is 22.8 Å². The fourth-order valence-corrected chi connectivity index (χ4v) is 3.39. The van der Waals surface area contributed by atoms with E-state index in [0.29, 0.717) is 47.1 Å². The lowest BCUT2D eigenvalue weighted by molar-refractivity contribution is -0.118. The maximum atomic E-state index is 13.4. The van der Waals surface area contributed by atoms with Crippen LogP contribution in [0, 0.1) is 0 Å². The molecule has 0 aliphatic rings. The molecule has 168 valence electrons. The van der Waals surface area contributed by atoms with E-state index in [1.807, 2.05) is 30.3 Å². The molecule has 0 unspecified atom stereocenters. The number of pyridine rings is 2. The van der Waals surface area contributed by atoms with Gasteiger partial charge in [-0.05, 0) is 48.5 Å². The summed E-state index contributed by atoms with van der Waals surface area (Å²) in [5.74, 6) is 1.12. The van der Waals surface area contributed by atoms with E-state index in [9.17, 15) is 9.59 Å². The Morgan fingerprint density at radius 3 is 2.58 bits per heavy atom. The predicted molar refractivity (Wildman–Crippen MR) is 126 cm³/mol. The monoisotopic (exact) mass is 444 g/mol. The van der Waals surface area contributed by atoms with Gasteiger partial charge in [0, 0.05) is 31.8 Å². The van der Waals surface area contributed by atoms with Crippen molar-refractivity contribution in [3.8, 4) is 17.0 Å². The lowest BCUT2D eigenvalue weighted by Crippen LogP contribution is -2.31. The van der Waals surface area contributed by atoms with Gasteiger partial charge in [-0.1, -0.05) is 6.07 Å². The normalized spacial score (nSPS) is 10.7. The Labute approximate surface area is 190 Å². The number of nitrogens with one attached hydrogen (secondary N) is 2. The van der Waals surface area contributed by atoms with Crippen molar-refractivity contribution in [1.29, 1.82) is 0 Å². The number of methoxy groups -OCH3 is 1. The van der Waals surface area contributed by atoms with E-state index >= 15 is 0 Å². The van der Waals surface area contributed by atoms with Crippen LogP contribution in [-0.4, -0.2) is 39.1 Å². The molecule has 4 aromatic rings. The van der Waals surface area contributed by atoms with Gasteiger partial charge in [-0.15, -0.1) is 0 Å². The average molecular weight is 444 g/mol. The molecule has 0 aliphatic carbocycles. The Balaban J connectivity index is 1.73. The first kappa shape index (κ1) is 21.9. The van der Waals surface area contributed by atoms with Crippen LogP contribution in [0.5, 0.6) is 5.75 Å². The summed E-state index contributed by atoms with van der Waals surface area (Å²) in [4.78, 5) is 38.3. The van der Waals surface area contributed by atoms with Gasteiger partial charge in [0.25, 0.3) is 5.56 Å². The van der Waals surface area contributed by atoms with Gasteiger partial charge in [-0.3, -0.25) is 19.1 Å². The van der Waals surface area contributed by atoms with E-state index in [-0.39, 0.29) is 18.0 Å². The Hall–Kier alpha value is -4.27. The van der Waals surface area contributed by atoms with Crippen LogP contribution in [0.25, 0.3) is 22.4 Å². The van der Waals surface area contributed by atoms with E-state index in [0.717, 1.165) is 5.69 Å². The smallest absolute Gasteiger partial charge is 0.278 e. The highest BCUT2D eigenvalue weighted by Crippen LogP contribution is 2.21. The van der Waals surface area contributed by atoms with Crippen molar-refractivity contribution in [3.63, 3.8) is 0 Å². The molecule has 3 aromatic heterocycles. The maximum Gasteiger partial charge on any atom is 0.278 e. The van der Waals surface area contributed by atoms with Crippen molar-refractivity contribution in [2.24, 2.45) is 0 Å². The average Bonchev–Trinajstić information content (AvgIpc) is 2.84. The summed E-state index contributed by atoms with van der Waals surface area (Å²) in [7, 11) is 1.59. The standard InChI is InChI=1S/C24H24N6O3/c1-16(31)25-13-14-30-23-20(10-11-21(29-23)27-15-18-5-3-4-12-26-18)28-22(24(30)32)17-6-8-19(33-2)9-7-17/h3-12H,13-15H2,1-2H3,(H,25,31)(H,27,29). The third kappa shape index (κ3) is 5.15. The molecule has 3 heterocycles. The van der Waals surface area contributed by atoms with Gasteiger partial charge >= 0.3 is 0 Å². The van der Waals surface area contributed by atoms with Gasteiger partial charge in [0.05, 0.1) is 19.3 Å². The van der Waals surface area contributed by atoms with Crippen molar-refractivity contribution in [3.05, 3.63) is 76.8 Å². The van der Waals surface area contributed by atoms with E-state index in [1.54, 1.807) is 42.1 Å². The lowest BCUT2D eigenvalue weighted by Gasteiger charge is -2.14. The summed E-state index contributed by atoms with van der Waals surface area (Å²) in [5, 5.41) is 5.97. The topological polar surface area (TPSA) is 111 Å². The van der Waals surface area contributed by atoms with Crippen LogP contribution < -0.4 is 20.9 Å². The second-order valence-electron chi connectivity index (χ2n) is 7.34. The number of carbonyl (C=O) groups is 1. The van der Waals surface area contributed by atoms with Gasteiger partial charge in [0.15, 0.2) is 5.65 Å². The molecule has 2 N–H and O–H groups in total. The van der Waals surface area contributed by atoms with Gasteiger partial charge in [-0.25, -0.2) is 9.97 Å². The van der Waals surface area contributed by atoms with Crippen LogP contribution in [0.2, 0.25) is 0 Å². The molecule has 1 amide bonds. The number of fused-ring (bicyclic) bond motifs is 1. The van der Waals surface area contributed by atoms with Crippen molar-refractivity contribution in [2.45, 2.75) is 20.0 Å². The molecule has 0 bridgehead atoms. The highest BCUT2D eigenvalue weighted by molar-refractivity contribution is 5.76. The highest BCUT2D eigenvalue weighted by atomic mass is 16.5. The highest BCUT2D eigenvalue weighted by Gasteiger charge is 2.15. The first-order chi connectivity index (χ1) is 16.0. The van der Waals surface area contributed by atoms with Crippen LogP contribution >= 0.6 is 0 Å².